The van der Waals surface area contributed by atoms with Gasteiger partial charge in [-0.05, 0) is 126 Å². The summed E-state index contributed by atoms with van der Waals surface area (Å²) in [5.74, 6) is -1.79. The summed E-state index contributed by atoms with van der Waals surface area (Å²) < 4.78 is 28.6. The molecular formula is C38H62BN3O11. The average Bonchev–Trinajstić information content (AvgIpc) is 3.30. The molecule has 1 saturated carbocycles. The Balaban J connectivity index is 1.69. The number of methoxy groups -OCH3 is 1. The number of ether oxygens (including phenoxy) is 5. The van der Waals surface area contributed by atoms with Gasteiger partial charge in [0.05, 0.1) is 25.7 Å². The van der Waals surface area contributed by atoms with Crippen molar-refractivity contribution in [3.8, 4) is 5.75 Å². The third-order valence-corrected chi connectivity index (χ3v) is 9.00. The fraction of sp³-hybridized carbons (Fsp3) is 0.737. The maximum atomic E-state index is 13.7. The van der Waals surface area contributed by atoms with Crippen LogP contribution >= 0.6 is 0 Å². The van der Waals surface area contributed by atoms with Crippen LogP contribution < -0.4 is 10.1 Å². The number of amides is 3. The molecule has 2 atom stereocenters. The van der Waals surface area contributed by atoms with Gasteiger partial charge >= 0.3 is 25.3 Å². The van der Waals surface area contributed by atoms with Crippen LogP contribution in [-0.4, -0.2) is 112 Å². The highest BCUT2D eigenvalue weighted by atomic mass is 16.6. The number of carbonyl (C=O) groups excluding carboxylic acids is 4. The lowest BCUT2D eigenvalue weighted by Gasteiger charge is -2.41. The van der Waals surface area contributed by atoms with E-state index in [1.165, 1.54) is 7.11 Å². The molecule has 1 aromatic carbocycles. The molecule has 15 heteroatoms. The molecule has 0 radical (unpaired) electrons. The summed E-state index contributed by atoms with van der Waals surface area (Å²) in [4.78, 5) is 56.4. The molecule has 1 saturated heterocycles. The summed E-state index contributed by atoms with van der Waals surface area (Å²) in [6, 6.07) is 4.23. The first-order valence-corrected chi connectivity index (χ1v) is 18.5. The first kappa shape index (κ1) is 43.8. The zero-order valence-corrected chi connectivity index (χ0v) is 33.7. The predicted molar refractivity (Wildman–Crippen MR) is 199 cm³/mol. The quantitative estimate of drug-likeness (QED) is 0.153. The Morgan fingerprint density at radius 1 is 0.943 bits per heavy atom. The van der Waals surface area contributed by atoms with E-state index in [9.17, 15) is 29.2 Å². The molecule has 3 N–H and O–H groups in total. The van der Waals surface area contributed by atoms with E-state index in [4.69, 9.17) is 23.7 Å². The van der Waals surface area contributed by atoms with Crippen LogP contribution in [-0.2, 0) is 30.2 Å². The van der Waals surface area contributed by atoms with Gasteiger partial charge in [0.25, 0.3) is 0 Å². The van der Waals surface area contributed by atoms with Crippen molar-refractivity contribution < 1.29 is 52.9 Å². The van der Waals surface area contributed by atoms with Crippen LogP contribution in [0.5, 0.6) is 5.75 Å². The Hall–Kier alpha value is -3.56. The number of esters is 1. The van der Waals surface area contributed by atoms with E-state index in [-0.39, 0.29) is 55.2 Å². The molecule has 3 rings (SSSR count). The van der Waals surface area contributed by atoms with Gasteiger partial charge in [0.15, 0.2) is 0 Å². The largest absolute Gasteiger partial charge is 0.496 e. The molecule has 3 amide bonds. The van der Waals surface area contributed by atoms with Gasteiger partial charge in [0.1, 0.15) is 33.8 Å². The molecule has 1 aromatic rings. The van der Waals surface area contributed by atoms with Gasteiger partial charge in [-0.2, -0.15) is 0 Å². The Bertz CT molecular complexity index is 1440. The maximum absolute atomic E-state index is 13.7. The van der Waals surface area contributed by atoms with Crippen LogP contribution in [0.1, 0.15) is 124 Å². The summed E-state index contributed by atoms with van der Waals surface area (Å²) in [6.07, 6.45) is 1.60. The molecule has 1 aliphatic heterocycles. The molecule has 298 valence electrons. The zero-order valence-electron chi connectivity index (χ0n) is 33.7. The SMILES string of the molecule is COc1c(CC(NC(=O)CC2CCC(N(CC3COC(C)(C)N3C(=O)OC(C)(C)C)C(=O)OC(C)(C)C)CC2)B(O)O)cccc1C(=O)OC(C)(C)C. The highest BCUT2D eigenvalue weighted by molar-refractivity contribution is 6.43. The highest BCUT2D eigenvalue weighted by Gasteiger charge is 2.48. The fourth-order valence-electron chi connectivity index (χ4n) is 6.76. The molecule has 0 spiro atoms. The van der Waals surface area contributed by atoms with Gasteiger partial charge in [-0.15, -0.1) is 0 Å². The van der Waals surface area contributed by atoms with E-state index in [1.54, 1.807) is 104 Å². The minimum absolute atomic E-state index is 0.0111. The number of carbonyl (C=O) groups is 4. The van der Waals surface area contributed by atoms with Crippen LogP contribution in [0.25, 0.3) is 0 Å². The maximum Gasteiger partial charge on any atom is 0.475 e. The first-order chi connectivity index (χ1) is 24.3. The van der Waals surface area contributed by atoms with Crippen molar-refractivity contribution in [2.45, 2.75) is 155 Å². The molecular weight excluding hydrogens is 685 g/mol. The summed E-state index contributed by atoms with van der Waals surface area (Å²) in [6.45, 7) is 20.1. The standard InChI is InChI=1S/C38H62BN3O11/c1-35(2,3)51-32(44)28-15-13-14-25(31(28)49-12)21-29(39(47)48)40-30(43)20-24-16-18-26(19-17-24)41(33(45)52-36(4,5)6)22-27-23-50-38(10,11)42(27)34(46)53-37(7,8)9/h13-15,24,26-27,29,47-48H,16-23H2,1-12H3,(H,40,43). The van der Waals surface area contributed by atoms with Crippen molar-refractivity contribution in [1.29, 1.82) is 0 Å². The van der Waals surface area contributed by atoms with E-state index >= 15 is 0 Å². The van der Waals surface area contributed by atoms with Gasteiger partial charge in [-0.25, -0.2) is 14.4 Å². The van der Waals surface area contributed by atoms with Gasteiger partial charge in [-0.3, -0.25) is 9.69 Å². The lowest BCUT2D eigenvalue weighted by molar-refractivity contribution is -0.122. The molecule has 2 aliphatic rings. The lowest BCUT2D eigenvalue weighted by Crippen LogP contribution is -2.55. The van der Waals surface area contributed by atoms with Crippen LogP contribution in [0, 0.1) is 5.92 Å². The molecule has 1 heterocycles. The third-order valence-electron chi connectivity index (χ3n) is 9.00. The Morgan fingerprint density at radius 3 is 2.06 bits per heavy atom. The molecule has 2 fully saturated rings. The number of hydrogen-bond acceptors (Lipinski definition) is 11. The van der Waals surface area contributed by atoms with Crippen molar-refractivity contribution in [3.05, 3.63) is 29.3 Å². The van der Waals surface area contributed by atoms with Crippen LogP contribution in [0.15, 0.2) is 18.2 Å². The van der Waals surface area contributed by atoms with Gasteiger partial charge in [-0.1, -0.05) is 12.1 Å². The van der Waals surface area contributed by atoms with E-state index in [0.717, 1.165) is 0 Å². The second-order valence-electron chi connectivity index (χ2n) is 17.6. The number of nitrogens with zero attached hydrogens (tertiary/aromatic N) is 2. The van der Waals surface area contributed by atoms with Crippen LogP contribution in [0.2, 0.25) is 0 Å². The minimum Gasteiger partial charge on any atom is -0.496 e. The number of para-hydroxylation sites is 1. The number of rotatable bonds is 11. The second-order valence-corrected chi connectivity index (χ2v) is 17.6. The van der Waals surface area contributed by atoms with Crippen molar-refractivity contribution in [2.24, 2.45) is 5.92 Å². The number of nitrogens with one attached hydrogen (secondary N) is 1. The van der Waals surface area contributed by atoms with E-state index < -0.39 is 59.8 Å². The van der Waals surface area contributed by atoms with Gasteiger partial charge in [0, 0.05) is 19.0 Å². The van der Waals surface area contributed by atoms with E-state index in [0.29, 0.717) is 31.2 Å². The Morgan fingerprint density at radius 2 is 1.53 bits per heavy atom. The summed E-state index contributed by atoms with van der Waals surface area (Å²) in [5, 5.41) is 23.2. The molecule has 0 aromatic heterocycles. The van der Waals surface area contributed by atoms with Crippen molar-refractivity contribution >= 4 is 31.2 Å². The van der Waals surface area contributed by atoms with Crippen molar-refractivity contribution in [3.63, 3.8) is 0 Å². The smallest absolute Gasteiger partial charge is 0.475 e. The topological polar surface area (TPSA) is 173 Å². The Kier molecular flexibility index (Phi) is 14.3. The second kappa shape index (κ2) is 17.3. The summed E-state index contributed by atoms with van der Waals surface area (Å²) in [7, 11) is -0.466. The zero-order chi connectivity index (χ0) is 40.1. The highest BCUT2D eigenvalue weighted by Crippen LogP contribution is 2.35. The van der Waals surface area contributed by atoms with Gasteiger partial charge < -0.3 is 43.9 Å². The average molecular weight is 748 g/mol. The van der Waals surface area contributed by atoms with E-state index in [1.807, 2.05) is 0 Å². The molecule has 2 unspecified atom stereocenters. The van der Waals surface area contributed by atoms with Gasteiger partial charge in [0.2, 0.25) is 5.91 Å². The van der Waals surface area contributed by atoms with Crippen molar-refractivity contribution in [1.82, 2.24) is 15.1 Å². The third kappa shape index (κ3) is 13.1. The normalized spacial score (nSPS) is 20.9. The van der Waals surface area contributed by atoms with Crippen LogP contribution in [0.4, 0.5) is 9.59 Å². The fourth-order valence-corrected chi connectivity index (χ4v) is 6.76. The predicted octanol–water partition coefficient (Wildman–Crippen LogP) is 5.25. The summed E-state index contributed by atoms with van der Waals surface area (Å²) in [5.41, 5.74) is -2.44. The minimum atomic E-state index is -1.88. The molecule has 14 nitrogen and oxygen atoms in total. The van der Waals surface area contributed by atoms with Crippen molar-refractivity contribution in [2.75, 3.05) is 20.3 Å². The first-order valence-electron chi connectivity index (χ1n) is 18.5. The monoisotopic (exact) mass is 747 g/mol. The number of hydrogen-bond donors (Lipinski definition) is 3. The molecule has 1 aliphatic carbocycles. The molecule has 0 bridgehead atoms. The lowest BCUT2D eigenvalue weighted by atomic mass is 9.75. The summed E-state index contributed by atoms with van der Waals surface area (Å²) >= 11 is 0. The Labute approximate surface area is 315 Å². The number of benzene rings is 1. The molecule has 53 heavy (non-hydrogen) atoms. The van der Waals surface area contributed by atoms with Crippen LogP contribution in [0.3, 0.4) is 0 Å². The van der Waals surface area contributed by atoms with E-state index in [2.05, 4.69) is 5.32 Å².